The molecule has 0 bridgehead atoms. The van der Waals surface area contributed by atoms with Crippen molar-refractivity contribution in [3.05, 3.63) is 234 Å². The van der Waals surface area contributed by atoms with Crippen LogP contribution in [-0.4, -0.2) is 0 Å². The Labute approximate surface area is 334 Å². The smallest absolute Gasteiger partial charge is 0.0726 e. The number of rotatable bonds is 5. The summed E-state index contributed by atoms with van der Waals surface area (Å²) in [5, 5.41) is 2.71. The van der Waals surface area contributed by atoms with Crippen LogP contribution in [-0.2, 0) is 10.8 Å². The summed E-state index contributed by atoms with van der Waals surface area (Å²) < 4.78 is 0. The van der Waals surface area contributed by atoms with Gasteiger partial charge in [0.05, 0.1) is 5.41 Å². The average Bonchev–Trinajstić information content (AvgIpc) is 3.70. The van der Waals surface area contributed by atoms with Gasteiger partial charge in [-0.1, -0.05) is 172 Å². The highest BCUT2D eigenvalue weighted by Crippen LogP contribution is 2.64. The van der Waals surface area contributed by atoms with Gasteiger partial charge in [0.25, 0.3) is 0 Å². The molecule has 0 radical (unpaired) electrons. The summed E-state index contributed by atoms with van der Waals surface area (Å²) in [5.74, 6) is 0. The van der Waals surface area contributed by atoms with Crippen LogP contribution in [0.4, 0.5) is 17.1 Å². The zero-order chi connectivity index (χ0) is 37.9. The lowest BCUT2D eigenvalue weighted by molar-refractivity contribution is 0.660. The molecule has 0 saturated carbocycles. The Hall–Kier alpha value is -6.96. The van der Waals surface area contributed by atoms with E-state index in [0.717, 1.165) is 17.1 Å². The van der Waals surface area contributed by atoms with Crippen LogP contribution in [0, 0.1) is 0 Å². The molecule has 57 heavy (non-hydrogen) atoms. The minimum absolute atomic E-state index is 0.0610. The number of hydrogen-bond donors (Lipinski definition) is 0. The van der Waals surface area contributed by atoms with Gasteiger partial charge >= 0.3 is 0 Å². The molecule has 0 amide bonds. The normalized spacial score (nSPS) is 14.4. The molecule has 0 aromatic heterocycles. The molecule has 12 rings (SSSR count). The molecule has 3 aliphatic carbocycles. The lowest BCUT2D eigenvalue weighted by atomic mass is 9.58. The molecular weight excluding hydrogens is 687 g/mol. The highest BCUT2D eigenvalue weighted by molar-refractivity contribution is 6.05. The first-order chi connectivity index (χ1) is 28.0. The van der Waals surface area contributed by atoms with Crippen molar-refractivity contribution in [3.63, 3.8) is 0 Å². The molecular formula is C56H39N. The third kappa shape index (κ3) is 4.40. The predicted octanol–water partition coefficient (Wildman–Crippen LogP) is 14.6. The summed E-state index contributed by atoms with van der Waals surface area (Å²) in [6.07, 6.45) is 0. The van der Waals surface area contributed by atoms with Crippen LogP contribution >= 0.6 is 0 Å². The fourth-order valence-electron chi connectivity index (χ4n) is 10.6. The minimum atomic E-state index is -0.308. The summed E-state index contributed by atoms with van der Waals surface area (Å²) >= 11 is 0. The SMILES string of the molecule is CC1(C)c2ccccc2-c2ccc(-c3cccc(N(c4ccc(-c5ccccc5)cc4)c4ccc5c(c4)C4(c6ccccc6-5)c5cccc6cccc4c56)c3)cc21. The van der Waals surface area contributed by atoms with Crippen LogP contribution in [0.2, 0.25) is 0 Å². The van der Waals surface area contributed by atoms with Crippen LogP contribution in [0.25, 0.3) is 55.3 Å². The van der Waals surface area contributed by atoms with Crippen molar-refractivity contribution < 1.29 is 0 Å². The van der Waals surface area contributed by atoms with Gasteiger partial charge in [0.1, 0.15) is 0 Å². The third-order valence-electron chi connectivity index (χ3n) is 13.3. The Morgan fingerprint density at radius 3 is 1.60 bits per heavy atom. The van der Waals surface area contributed by atoms with Crippen LogP contribution < -0.4 is 4.90 Å². The zero-order valence-corrected chi connectivity index (χ0v) is 32.0. The van der Waals surface area contributed by atoms with Crippen LogP contribution in [0.3, 0.4) is 0 Å². The molecule has 1 heteroatoms. The Morgan fingerprint density at radius 2 is 0.825 bits per heavy atom. The van der Waals surface area contributed by atoms with Crippen molar-refractivity contribution in [3.8, 4) is 44.5 Å². The van der Waals surface area contributed by atoms with E-state index in [0.29, 0.717) is 0 Å². The number of hydrogen-bond acceptors (Lipinski definition) is 1. The Morgan fingerprint density at radius 1 is 0.316 bits per heavy atom. The summed E-state index contributed by atoms with van der Waals surface area (Å²) in [6.45, 7) is 4.72. The first kappa shape index (κ1) is 32.3. The number of benzene rings is 9. The Bertz CT molecular complexity index is 3060. The van der Waals surface area contributed by atoms with Crippen LogP contribution in [0.5, 0.6) is 0 Å². The predicted molar refractivity (Wildman–Crippen MR) is 238 cm³/mol. The Balaban J connectivity index is 1.03. The quantitative estimate of drug-likeness (QED) is 0.171. The van der Waals surface area contributed by atoms with Crippen molar-refractivity contribution >= 4 is 27.8 Å². The maximum absolute atomic E-state index is 2.48. The fourth-order valence-corrected chi connectivity index (χ4v) is 10.6. The third-order valence-corrected chi connectivity index (χ3v) is 13.3. The van der Waals surface area contributed by atoms with Gasteiger partial charge in [-0.25, -0.2) is 0 Å². The number of fused-ring (bicyclic) bond motifs is 10. The van der Waals surface area contributed by atoms with E-state index in [1.165, 1.54) is 88.7 Å². The van der Waals surface area contributed by atoms with Crippen molar-refractivity contribution in [2.45, 2.75) is 24.7 Å². The van der Waals surface area contributed by atoms with E-state index in [-0.39, 0.29) is 10.8 Å². The van der Waals surface area contributed by atoms with Gasteiger partial charge in [-0.2, -0.15) is 0 Å². The van der Waals surface area contributed by atoms with E-state index in [9.17, 15) is 0 Å². The van der Waals surface area contributed by atoms with Crippen LogP contribution in [0.15, 0.2) is 200 Å². The molecule has 0 N–H and O–H groups in total. The van der Waals surface area contributed by atoms with E-state index in [1.54, 1.807) is 0 Å². The molecule has 268 valence electrons. The second-order valence-electron chi connectivity index (χ2n) is 16.5. The zero-order valence-electron chi connectivity index (χ0n) is 32.0. The molecule has 0 aliphatic heterocycles. The second-order valence-corrected chi connectivity index (χ2v) is 16.5. The molecule has 9 aromatic carbocycles. The van der Waals surface area contributed by atoms with Gasteiger partial charge in [-0.05, 0) is 131 Å². The summed E-state index contributed by atoms with van der Waals surface area (Å²) in [7, 11) is 0. The largest absolute Gasteiger partial charge is 0.310 e. The number of nitrogens with zero attached hydrogens (tertiary/aromatic N) is 1. The van der Waals surface area contributed by atoms with Gasteiger partial charge in [0.15, 0.2) is 0 Å². The lowest BCUT2D eigenvalue weighted by Gasteiger charge is -2.43. The average molecular weight is 726 g/mol. The summed E-state index contributed by atoms with van der Waals surface area (Å²) in [5.41, 5.74) is 21.6. The van der Waals surface area contributed by atoms with E-state index in [2.05, 4.69) is 219 Å². The van der Waals surface area contributed by atoms with E-state index < -0.39 is 0 Å². The maximum Gasteiger partial charge on any atom is 0.0726 e. The lowest BCUT2D eigenvalue weighted by Crippen LogP contribution is -2.36. The molecule has 0 unspecified atom stereocenters. The van der Waals surface area contributed by atoms with Crippen molar-refractivity contribution in [2.75, 3.05) is 4.90 Å². The van der Waals surface area contributed by atoms with Crippen molar-refractivity contribution in [2.24, 2.45) is 0 Å². The molecule has 0 fully saturated rings. The van der Waals surface area contributed by atoms with Crippen molar-refractivity contribution in [1.29, 1.82) is 0 Å². The van der Waals surface area contributed by atoms with Gasteiger partial charge < -0.3 is 4.90 Å². The number of anilines is 3. The molecule has 0 atom stereocenters. The molecule has 1 spiro atoms. The van der Waals surface area contributed by atoms with E-state index in [4.69, 9.17) is 0 Å². The first-order valence-electron chi connectivity index (χ1n) is 20.1. The molecule has 0 saturated heterocycles. The summed E-state index contributed by atoms with van der Waals surface area (Å²) in [6, 6.07) is 74.7. The van der Waals surface area contributed by atoms with E-state index >= 15 is 0 Å². The van der Waals surface area contributed by atoms with Gasteiger partial charge in [-0.3, -0.25) is 0 Å². The highest BCUT2D eigenvalue weighted by atomic mass is 15.1. The minimum Gasteiger partial charge on any atom is -0.310 e. The molecule has 0 heterocycles. The highest BCUT2D eigenvalue weighted by Gasteiger charge is 2.53. The molecule has 3 aliphatic rings. The van der Waals surface area contributed by atoms with Crippen molar-refractivity contribution in [1.82, 2.24) is 0 Å². The fraction of sp³-hybridized carbons (Fsp3) is 0.0714. The Kier molecular flexibility index (Phi) is 6.67. The van der Waals surface area contributed by atoms with E-state index in [1.807, 2.05) is 0 Å². The first-order valence-corrected chi connectivity index (χ1v) is 20.1. The monoisotopic (exact) mass is 725 g/mol. The topological polar surface area (TPSA) is 3.24 Å². The molecule has 1 nitrogen and oxygen atoms in total. The van der Waals surface area contributed by atoms with Gasteiger partial charge in [0, 0.05) is 22.5 Å². The van der Waals surface area contributed by atoms with Gasteiger partial charge in [0.2, 0.25) is 0 Å². The van der Waals surface area contributed by atoms with Crippen LogP contribution in [0.1, 0.15) is 47.2 Å². The summed E-state index contributed by atoms with van der Waals surface area (Å²) in [4.78, 5) is 2.45. The second kappa shape index (κ2) is 11.8. The standard InChI is InChI=1S/C56H39N/c1-55(2)48-21-8-6-19-44(48)46-31-27-40(34-52(46)55)39-17-10-18-42(33-39)57(41-28-25-37(26-29-41)36-13-4-3-5-14-36)43-30-32-47-45-20-7-9-22-49(45)56(53(47)35-43)50-23-11-15-38-16-12-24-51(56)54(38)50/h3-35H,1-2H3. The van der Waals surface area contributed by atoms with Gasteiger partial charge in [-0.15, -0.1) is 0 Å². The molecule has 9 aromatic rings. The maximum atomic E-state index is 2.48.